The first-order chi connectivity index (χ1) is 11.4. The molecule has 24 heavy (non-hydrogen) atoms. The summed E-state index contributed by atoms with van der Waals surface area (Å²) in [4.78, 5) is 11.9. The van der Waals surface area contributed by atoms with Gasteiger partial charge in [0.05, 0.1) is 13.3 Å². The minimum Gasteiger partial charge on any atom is -0.496 e. The third-order valence-electron chi connectivity index (χ3n) is 3.72. The van der Waals surface area contributed by atoms with Gasteiger partial charge in [0, 0.05) is 5.56 Å². The number of methoxy groups -OCH3 is 1. The molecular formula is C19H21FN2O2. The van der Waals surface area contributed by atoms with Crippen LogP contribution in [0.3, 0.4) is 0 Å². The van der Waals surface area contributed by atoms with E-state index < -0.39 is 0 Å². The molecule has 0 aliphatic carbocycles. The number of hydrazone groups is 1. The van der Waals surface area contributed by atoms with Crippen molar-refractivity contribution < 1.29 is 13.9 Å². The zero-order valence-corrected chi connectivity index (χ0v) is 14.3. The van der Waals surface area contributed by atoms with Gasteiger partial charge >= 0.3 is 0 Å². The average molecular weight is 328 g/mol. The van der Waals surface area contributed by atoms with E-state index in [1.54, 1.807) is 13.3 Å². The first kappa shape index (κ1) is 17.7. The molecule has 0 aliphatic heterocycles. The molecule has 0 bridgehead atoms. The van der Waals surface area contributed by atoms with Crippen LogP contribution in [0.5, 0.6) is 5.75 Å². The van der Waals surface area contributed by atoms with Crippen LogP contribution < -0.4 is 10.2 Å². The van der Waals surface area contributed by atoms with E-state index in [1.807, 2.05) is 19.1 Å². The Morgan fingerprint density at radius 1 is 1.25 bits per heavy atom. The summed E-state index contributed by atoms with van der Waals surface area (Å²) < 4.78 is 18.3. The highest BCUT2D eigenvalue weighted by Gasteiger charge is 2.10. The molecule has 0 atom stereocenters. The second-order valence-corrected chi connectivity index (χ2v) is 5.81. The molecule has 126 valence electrons. The number of benzene rings is 2. The monoisotopic (exact) mass is 328 g/mol. The normalized spacial score (nSPS) is 11.1. The molecule has 2 aromatic carbocycles. The second-order valence-electron chi connectivity index (χ2n) is 5.81. The number of hydrogen-bond acceptors (Lipinski definition) is 3. The number of hydrogen-bond donors (Lipinski definition) is 1. The predicted octanol–water partition coefficient (Wildman–Crippen LogP) is 4.03. The van der Waals surface area contributed by atoms with E-state index in [9.17, 15) is 9.18 Å². The summed E-state index contributed by atoms with van der Waals surface area (Å²) in [5.41, 5.74) is 5.77. The maximum Gasteiger partial charge on any atom is 0.271 e. The Bertz CT molecular complexity index is 753. The third kappa shape index (κ3) is 4.19. The molecule has 0 spiro atoms. The van der Waals surface area contributed by atoms with Gasteiger partial charge in [-0.25, -0.2) is 9.82 Å². The predicted molar refractivity (Wildman–Crippen MR) is 93.3 cm³/mol. The van der Waals surface area contributed by atoms with Crippen LogP contribution >= 0.6 is 0 Å². The van der Waals surface area contributed by atoms with Crippen molar-refractivity contribution in [2.45, 2.75) is 26.7 Å². The molecule has 1 amide bonds. The molecule has 2 rings (SSSR count). The Kier molecular flexibility index (Phi) is 5.68. The van der Waals surface area contributed by atoms with E-state index in [4.69, 9.17) is 4.74 Å². The van der Waals surface area contributed by atoms with Gasteiger partial charge in [0.25, 0.3) is 5.91 Å². The van der Waals surface area contributed by atoms with E-state index in [0.717, 1.165) is 22.4 Å². The number of nitrogens with one attached hydrogen (secondary N) is 1. The first-order valence-corrected chi connectivity index (χ1v) is 7.70. The Labute approximate surface area is 141 Å². The molecule has 0 radical (unpaired) electrons. The number of nitrogens with zero attached hydrogens (tertiary/aromatic N) is 1. The van der Waals surface area contributed by atoms with Gasteiger partial charge in [-0.2, -0.15) is 5.10 Å². The van der Waals surface area contributed by atoms with Gasteiger partial charge in [0.15, 0.2) is 0 Å². The number of rotatable bonds is 5. The second kappa shape index (κ2) is 7.73. The molecular weight excluding hydrogens is 307 g/mol. The summed E-state index contributed by atoms with van der Waals surface area (Å²) in [6.45, 7) is 6.13. The summed E-state index contributed by atoms with van der Waals surface area (Å²) in [5.74, 6) is 0.378. The summed E-state index contributed by atoms with van der Waals surface area (Å²) in [7, 11) is 1.65. The van der Waals surface area contributed by atoms with Gasteiger partial charge in [-0.1, -0.05) is 13.8 Å². The van der Waals surface area contributed by atoms with Crippen molar-refractivity contribution in [1.29, 1.82) is 0 Å². The van der Waals surface area contributed by atoms with Crippen LogP contribution in [0.4, 0.5) is 4.39 Å². The van der Waals surface area contributed by atoms with Crippen molar-refractivity contribution in [3.8, 4) is 5.75 Å². The van der Waals surface area contributed by atoms with Crippen molar-refractivity contribution in [2.75, 3.05) is 7.11 Å². The van der Waals surface area contributed by atoms with Crippen molar-refractivity contribution in [3.63, 3.8) is 0 Å². The fourth-order valence-corrected chi connectivity index (χ4v) is 2.31. The summed E-state index contributed by atoms with van der Waals surface area (Å²) >= 11 is 0. The largest absolute Gasteiger partial charge is 0.496 e. The van der Waals surface area contributed by atoms with Crippen LogP contribution in [0.15, 0.2) is 41.5 Å². The summed E-state index contributed by atoms with van der Waals surface area (Å²) in [6.07, 6.45) is 1.60. The molecule has 0 aromatic heterocycles. The highest BCUT2D eigenvalue weighted by molar-refractivity contribution is 5.95. The fourth-order valence-electron chi connectivity index (χ4n) is 2.31. The Hall–Kier alpha value is -2.69. The SMILES string of the molecule is COc1cc(C)c(/C=N\NC(=O)c2ccc(F)cc2)cc1C(C)C. The smallest absolute Gasteiger partial charge is 0.271 e. The van der Waals surface area contributed by atoms with Crippen LogP contribution in [-0.2, 0) is 0 Å². The molecule has 0 unspecified atom stereocenters. The molecule has 1 N–H and O–H groups in total. The van der Waals surface area contributed by atoms with Gasteiger partial charge < -0.3 is 4.74 Å². The van der Waals surface area contributed by atoms with Crippen LogP contribution in [0.1, 0.15) is 46.8 Å². The maximum absolute atomic E-state index is 12.9. The molecule has 0 fully saturated rings. The number of amides is 1. The molecule has 0 saturated carbocycles. The number of carbonyl (C=O) groups excluding carboxylic acids is 1. The molecule has 5 heteroatoms. The van der Waals surface area contributed by atoms with Crippen molar-refractivity contribution in [2.24, 2.45) is 5.10 Å². The number of carbonyl (C=O) groups is 1. The lowest BCUT2D eigenvalue weighted by molar-refractivity contribution is 0.0955. The van der Waals surface area contributed by atoms with Crippen molar-refractivity contribution in [3.05, 3.63) is 64.5 Å². The highest BCUT2D eigenvalue weighted by atomic mass is 19.1. The van der Waals surface area contributed by atoms with Crippen LogP contribution in [0.25, 0.3) is 0 Å². The van der Waals surface area contributed by atoms with Crippen molar-refractivity contribution >= 4 is 12.1 Å². The fraction of sp³-hybridized carbons (Fsp3) is 0.263. The molecule has 0 aliphatic rings. The van der Waals surface area contributed by atoms with Crippen molar-refractivity contribution in [1.82, 2.24) is 5.43 Å². The highest BCUT2D eigenvalue weighted by Crippen LogP contribution is 2.28. The minimum atomic E-state index is -0.388. The summed E-state index contributed by atoms with van der Waals surface area (Å²) in [5, 5.41) is 4.00. The van der Waals surface area contributed by atoms with E-state index in [2.05, 4.69) is 24.4 Å². The number of aryl methyl sites for hydroxylation is 1. The zero-order chi connectivity index (χ0) is 17.7. The Morgan fingerprint density at radius 2 is 1.92 bits per heavy atom. The van der Waals surface area contributed by atoms with Gasteiger partial charge in [-0.15, -0.1) is 0 Å². The third-order valence-corrected chi connectivity index (χ3v) is 3.72. The average Bonchev–Trinajstić information content (AvgIpc) is 2.56. The maximum atomic E-state index is 12.9. The van der Waals surface area contributed by atoms with Crippen LogP contribution in [0, 0.1) is 12.7 Å². The van der Waals surface area contributed by atoms with Gasteiger partial charge in [-0.3, -0.25) is 4.79 Å². The number of halogens is 1. The molecule has 4 nitrogen and oxygen atoms in total. The number of ether oxygens (including phenoxy) is 1. The van der Waals surface area contributed by atoms with Gasteiger partial charge in [0.2, 0.25) is 0 Å². The standard InChI is InChI=1S/C19H21FN2O2/c1-12(2)17-10-15(13(3)9-18(17)24-4)11-21-22-19(23)14-5-7-16(20)8-6-14/h5-12H,1-4H3,(H,22,23)/b21-11-. The van der Waals surface area contributed by atoms with E-state index in [-0.39, 0.29) is 11.7 Å². The molecule has 0 heterocycles. The lowest BCUT2D eigenvalue weighted by Gasteiger charge is -2.14. The summed E-state index contributed by atoms with van der Waals surface area (Å²) in [6, 6.07) is 9.26. The first-order valence-electron chi connectivity index (χ1n) is 7.70. The minimum absolute atomic E-state index is 0.307. The van der Waals surface area contributed by atoms with E-state index in [0.29, 0.717) is 11.5 Å². The molecule has 2 aromatic rings. The lowest BCUT2D eigenvalue weighted by atomic mass is 9.97. The van der Waals surface area contributed by atoms with E-state index >= 15 is 0 Å². The van der Waals surface area contributed by atoms with Crippen LogP contribution in [0.2, 0.25) is 0 Å². The quantitative estimate of drug-likeness (QED) is 0.665. The molecule has 0 saturated heterocycles. The Morgan fingerprint density at radius 3 is 2.50 bits per heavy atom. The van der Waals surface area contributed by atoms with Gasteiger partial charge in [-0.05, 0) is 65.9 Å². The van der Waals surface area contributed by atoms with Gasteiger partial charge in [0.1, 0.15) is 11.6 Å². The zero-order valence-electron chi connectivity index (χ0n) is 14.3. The van der Waals surface area contributed by atoms with Crippen LogP contribution in [-0.4, -0.2) is 19.2 Å². The lowest BCUT2D eigenvalue weighted by Crippen LogP contribution is -2.17. The van der Waals surface area contributed by atoms with E-state index in [1.165, 1.54) is 24.3 Å². The Balaban J connectivity index is 2.15. The topological polar surface area (TPSA) is 50.7 Å².